The van der Waals surface area contributed by atoms with E-state index in [0.717, 1.165) is 0 Å². The first-order valence-corrected chi connectivity index (χ1v) is 5.15. The van der Waals surface area contributed by atoms with Gasteiger partial charge in [0.05, 0.1) is 12.9 Å². The monoisotopic (exact) mass is 215 g/mol. The van der Waals surface area contributed by atoms with Crippen molar-refractivity contribution in [1.82, 2.24) is 0 Å². The van der Waals surface area contributed by atoms with Crippen molar-refractivity contribution >= 4 is 16.4 Å². The van der Waals surface area contributed by atoms with Crippen LogP contribution in [-0.4, -0.2) is 15.5 Å². The molecule has 0 aliphatic carbocycles. The van der Waals surface area contributed by atoms with Crippen LogP contribution in [0.5, 0.6) is 5.75 Å². The lowest BCUT2D eigenvalue weighted by Crippen LogP contribution is -1.89. The minimum Gasteiger partial charge on any atom is -0.494 e. The van der Waals surface area contributed by atoms with Gasteiger partial charge in [-0.25, -0.2) is 8.42 Å². The molecule has 0 spiro atoms. The number of nitroso groups, excluding NO2 is 1. The van der Waals surface area contributed by atoms with Crippen molar-refractivity contribution < 1.29 is 13.2 Å². The Morgan fingerprint density at radius 2 is 2.14 bits per heavy atom. The van der Waals surface area contributed by atoms with Crippen molar-refractivity contribution in [3.63, 3.8) is 0 Å². The van der Waals surface area contributed by atoms with Gasteiger partial charge in [0.2, 0.25) is 0 Å². The third-order valence-corrected chi connectivity index (χ3v) is 2.28. The van der Waals surface area contributed by atoms with Crippen LogP contribution in [0.3, 0.4) is 0 Å². The number of rotatable bonds is 4. The van der Waals surface area contributed by atoms with Crippen LogP contribution in [0.1, 0.15) is 5.56 Å². The summed E-state index contributed by atoms with van der Waals surface area (Å²) in [6.45, 7) is 0. The quantitative estimate of drug-likeness (QED) is 0.605. The maximum atomic E-state index is 10.4. The fraction of sp³-hybridized carbons (Fsp3) is 0.250. The zero-order valence-electron chi connectivity index (χ0n) is 7.47. The zero-order chi connectivity index (χ0) is 10.6. The van der Waals surface area contributed by atoms with E-state index in [0.29, 0.717) is 5.56 Å². The summed E-state index contributed by atoms with van der Waals surface area (Å²) in [6, 6.07) is 4.45. The molecule has 0 amide bonds. The fourth-order valence-electron chi connectivity index (χ4n) is 1.04. The Balaban J connectivity index is 3.06. The largest absolute Gasteiger partial charge is 0.494 e. The second-order valence-electron chi connectivity index (χ2n) is 2.59. The molecular weight excluding hydrogens is 206 g/mol. The molecule has 0 saturated carbocycles. The van der Waals surface area contributed by atoms with Crippen LogP contribution >= 0.6 is 0 Å². The summed E-state index contributed by atoms with van der Waals surface area (Å²) in [5.41, 5.74) is 0.739. The fourth-order valence-corrected chi connectivity index (χ4v) is 1.54. The summed E-state index contributed by atoms with van der Waals surface area (Å²) in [5, 5.41) is 2.74. The second kappa shape index (κ2) is 4.71. The molecule has 0 fully saturated rings. The number of benzene rings is 1. The van der Waals surface area contributed by atoms with Crippen LogP contribution in [0, 0.1) is 4.91 Å². The Bertz CT molecular complexity index is 406. The molecule has 1 aromatic carbocycles. The van der Waals surface area contributed by atoms with Crippen molar-refractivity contribution in [3.8, 4) is 5.75 Å². The highest BCUT2D eigenvalue weighted by atomic mass is 32.2. The van der Waals surface area contributed by atoms with E-state index in [1.807, 2.05) is 0 Å². The predicted molar refractivity (Wildman–Crippen MR) is 52.5 cm³/mol. The first-order chi connectivity index (χ1) is 6.67. The Morgan fingerprint density at radius 1 is 1.43 bits per heavy atom. The van der Waals surface area contributed by atoms with Crippen molar-refractivity contribution in [1.29, 1.82) is 0 Å². The van der Waals surface area contributed by atoms with E-state index < -0.39 is 10.7 Å². The lowest BCUT2D eigenvalue weighted by molar-refractivity contribution is 0.416. The normalized spacial score (nSPS) is 10.1. The van der Waals surface area contributed by atoms with E-state index in [2.05, 4.69) is 5.18 Å². The Morgan fingerprint density at radius 3 is 2.64 bits per heavy atom. The first kappa shape index (κ1) is 10.6. The van der Waals surface area contributed by atoms with Crippen molar-refractivity contribution in [3.05, 3.63) is 28.7 Å². The highest BCUT2D eigenvalue weighted by molar-refractivity contribution is 7.71. The molecule has 1 aromatic rings. The van der Waals surface area contributed by atoms with Gasteiger partial charge in [-0.3, -0.25) is 0 Å². The number of hydrogen-bond acceptors (Lipinski definition) is 5. The van der Waals surface area contributed by atoms with Crippen molar-refractivity contribution in [2.24, 2.45) is 5.18 Å². The molecule has 0 unspecified atom stereocenters. The number of methoxy groups -OCH3 is 1. The molecule has 0 aromatic heterocycles. The summed E-state index contributed by atoms with van der Waals surface area (Å²) in [6.07, 6.45) is 0. The number of nitrogens with zero attached hydrogens (tertiary/aromatic N) is 1. The molecule has 1 rings (SSSR count). The molecule has 0 radical (unpaired) electrons. The molecule has 5 nitrogen and oxygen atoms in total. The maximum absolute atomic E-state index is 10.4. The molecule has 76 valence electrons. The molecule has 0 bridgehead atoms. The van der Waals surface area contributed by atoms with E-state index >= 15 is 0 Å². The molecule has 6 heteroatoms. The van der Waals surface area contributed by atoms with Gasteiger partial charge in [0.15, 0.2) is 0 Å². The molecule has 0 atom stereocenters. The zero-order valence-corrected chi connectivity index (χ0v) is 8.36. The Labute approximate surface area is 82.6 Å². The van der Waals surface area contributed by atoms with Crippen molar-refractivity contribution in [2.45, 2.75) is 5.75 Å². The summed E-state index contributed by atoms with van der Waals surface area (Å²) in [7, 11) is -1.08. The standard InChI is InChI=1S/C8H9NO4S/c1-13-8-4-6(5-14(11)12)2-3-7(8)9-10/h2-4,14H,5H2,1H3. The summed E-state index contributed by atoms with van der Waals surface area (Å²) in [4.78, 5) is 10.3. The van der Waals surface area contributed by atoms with Gasteiger partial charge in [-0.1, -0.05) is 6.07 Å². The SMILES string of the molecule is COc1cc(C[SH](=O)=O)ccc1N=O. The number of thiol groups is 1. The number of ether oxygens (including phenoxy) is 1. The Kier molecular flexibility index (Phi) is 3.58. The highest BCUT2D eigenvalue weighted by Crippen LogP contribution is 2.28. The third kappa shape index (κ3) is 2.53. The average molecular weight is 215 g/mol. The average Bonchev–Trinajstić information content (AvgIpc) is 2.16. The van der Waals surface area contributed by atoms with E-state index in [1.54, 1.807) is 0 Å². The number of hydrogen-bond donors (Lipinski definition) is 1. The van der Waals surface area contributed by atoms with Crippen LogP contribution in [-0.2, 0) is 16.5 Å². The molecule has 14 heavy (non-hydrogen) atoms. The van der Waals surface area contributed by atoms with E-state index in [-0.39, 0.29) is 17.2 Å². The summed E-state index contributed by atoms with van der Waals surface area (Å²) in [5.74, 6) is 0.222. The van der Waals surface area contributed by atoms with Gasteiger partial charge >= 0.3 is 0 Å². The first-order valence-electron chi connectivity index (χ1n) is 3.79. The van der Waals surface area contributed by atoms with Crippen LogP contribution in [0.2, 0.25) is 0 Å². The van der Waals surface area contributed by atoms with Crippen LogP contribution < -0.4 is 4.74 Å². The predicted octanol–water partition coefficient (Wildman–Crippen LogP) is 1.20. The van der Waals surface area contributed by atoms with Crippen LogP contribution in [0.4, 0.5) is 5.69 Å². The molecule has 0 aliphatic rings. The molecule has 0 saturated heterocycles. The molecule has 0 heterocycles. The van der Waals surface area contributed by atoms with Gasteiger partial charge in [-0.15, -0.1) is 4.91 Å². The minimum absolute atomic E-state index is 0.0647. The van der Waals surface area contributed by atoms with Gasteiger partial charge in [-0.05, 0) is 22.9 Å². The van der Waals surface area contributed by atoms with Crippen LogP contribution in [0.15, 0.2) is 23.4 Å². The lowest BCUT2D eigenvalue weighted by atomic mass is 10.2. The van der Waals surface area contributed by atoms with Gasteiger partial charge < -0.3 is 4.74 Å². The van der Waals surface area contributed by atoms with Crippen LogP contribution in [0.25, 0.3) is 0 Å². The van der Waals surface area contributed by atoms with Gasteiger partial charge in [0.1, 0.15) is 22.1 Å². The molecular formula is C8H9NO4S. The van der Waals surface area contributed by atoms with E-state index in [1.165, 1.54) is 25.3 Å². The van der Waals surface area contributed by atoms with Crippen molar-refractivity contribution in [2.75, 3.05) is 7.11 Å². The summed E-state index contributed by atoms with van der Waals surface area (Å²) >= 11 is 0. The smallest absolute Gasteiger partial charge is 0.149 e. The maximum Gasteiger partial charge on any atom is 0.149 e. The highest BCUT2D eigenvalue weighted by Gasteiger charge is 2.04. The second-order valence-corrected chi connectivity index (χ2v) is 3.57. The molecule has 0 aliphatic heterocycles. The minimum atomic E-state index is -2.47. The lowest BCUT2D eigenvalue weighted by Gasteiger charge is -2.03. The van der Waals surface area contributed by atoms with E-state index in [9.17, 15) is 13.3 Å². The summed E-state index contributed by atoms with van der Waals surface area (Å²) < 4.78 is 25.7. The van der Waals surface area contributed by atoms with E-state index in [4.69, 9.17) is 4.74 Å². The van der Waals surface area contributed by atoms with Gasteiger partial charge in [0.25, 0.3) is 0 Å². The third-order valence-electron chi connectivity index (χ3n) is 1.65. The topological polar surface area (TPSA) is 72.8 Å². The van der Waals surface area contributed by atoms with Gasteiger partial charge in [-0.2, -0.15) is 0 Å². The van der Waals surface area contributed by atoms with Gasteiger partial charge in [0, 0.05) is 0 Å². The molecule has 0 N–H and O–H groups in total. The Hall–Kier alpha value is -1.43.